The van der Waals surface area contributed by atoms with Gasteiger partial charge in [-0.15, -0.1) is 0 Å². The van der Waals surface area contributed by atoms with Gasteiger partial charge in [-0.1, -0.05) is 24.3 Å². The third-order valence-electron chi connectivity index (χ3n) is 3.80. The predicted octanol–water partition coefficient (Wildman–Crippen LogP) is 0.945. The Labute approximate surface area is 118 Å². The van der Waals surface area contributed by atoms with Crippen LogP contribution in [-0.2, 0) is 22.5 Å². The summed E-state index contributed by atoms with van der Waals surface area (Å²) in [7, 11) is 0. The summed E-state index contributed by atoms with van der Waals surface area (Å²) in [5.41, 5.74) is 1.63. The van der Waals surface area contributed by atoms with Crippen LogP contribution in [0.4, 0.5) is 0 Å². The van der Waals surface area contributed by atoms with Crippen LogP contribution < -0.4 is 5.32 Å². The highest BCUT2D eigenvalue weighted by Gasteiger charge is 2.31. The fraction of sp³-hybridized carbons (Fsp3) is 0.533. The second kappa shape index (κ2) is 6.83. The number of aliphatic carboxylic acids is 1. The van der Waals surface area contributed by atoms with E-state index in [1.165, 1.54) is 0 Å². The fourth-order valence-corrected chi connectivity index (χ4v) is 2.39. The second-order valence-corrected chi connectivity index (χ2v) is 5.29. The van der Waals surface area contributed by atoms with E-state index in [0.717, 1.165) is 24.0 Å². The summed E-state index contributed by atoms with van der Waals surface area (Å²) >= 11 is 0. The van der Waals surface area contributed by atoms with Gasteiger partial charge in [-0.3, -0.25) is 4.79 Å². The smallest absolute Gasteiger partial charge is 0.307 e. The average molecular weight is 279 g/mol. The highest BCUT2D eigenvalue weighted by atomic mass is 16.5. The molecule has 1 aromatic rings. The first-order chi connectivity index (χ1) is 9.63. The molecule has 0 bridgehead atoms. The van der Waals surface area contributed by atoms with Crippen molar-refractivity contribution in [1.82, 2.24) is 5.32 Å². The molecule has 0 aromatic heterocycles. The molecule has 2 rings (SSSR count). The summed E-state index contributed by atoms with van der Waals surface area (Å²) in [5.74, 6) is -0.822. The Morgan fingerprint density at radius 2 is 1.80 bits per heavy atom. The molecular formula is C15H21NO4. The number of ether oxygens (including phenoxy) is 1. The van der Waals surface area contributed by atoms with Crippen LogP contribution in [0.3, 0.4) is 0 Å². The number of hydrogen-bond donors (Lipinski definition) is 3. The molecule has 3 N–H and O–H groups in total. The van der Waals surface area contributed by atoms with Gasteiger partial charge in [0.25, 0.3) is 0 Å². The second-order valence-electron chi connectivity index (χ2n) is 5.29. The summed E-state index contributed by atoms with van der Waals surface area (Å²) in [6.07, 6.45) is 1.66. The molecule has 1 aromatic carbocycles. The number of carbonyl (C=O) groups is 1. The molecule has 1 aliphatic rings. The van der Waals surface area contributed by atoms with Crippen molar-refractivity contribution < 1.29 is 19.7 Å². The first-order valence-electron chi connectivity index (χ1n) is 6.87. The minimum atomic E-state index is -0.822. The van der Waals surface area contributed by atoms with Gasteiger partial charge < -0.3 is 20.3 Å². The first-order valence-corrected chi connectivity index (χ1v) is 6.87. The Morgan fingerprint density at radius 1 is 1.20 bits per heavy atom. The third-order valence-corrected chi connectivity index (χ3v) is 3.80. The molecule has 5 heteroatoms. The van der Waals surface area contributed by atoms with E-state index < -0.39 is 5.97 Å². The Morgan fingerprint density at radius 3 is 2.35 bits per heavy atom. The van der Waals surface area contributed by atoms with Crippen molar-refractivity contribution in [2.45, 2.75) is 31.3 Å². The van der Waals surface area contributed by atoms with E-state index in [2.05, 4.69) is 5.32 Å². The molecule has 0 saturated carbocycles. The average Bonchev–Trinajstić information content (AvgIpc) is 2.47. The molecule has 0 unspecified atom stereocenters. The highest BCUT2D eigenvalue weighted by molar-refractivity contribution is 5.70. The van der Waals surface area contributed by atoms with Gasteiger partial charge >= 0.3 is 5.97 Å². The molecule has 110 valence electrons. The lowest BCUT2D eigenvalue weighted by molar-refractivity contribution is -0.136. The molecule has 0 atom stereocenters. The third kappa shape index (κ3) is 4.03. The zero-order chi connectivity index (χ0) is 14.4. The van der Waals surface area contributed by atoms with Gasteiger partial charge in [0.2, 0.25) is 0 Å². The van der Waals surface area contributed by atoms with Crippen molar-refractivity contribution in [2.75, 3.05) is 19.8 Å². The number of nitrogens with one attached hydrogen (secondary N) is 1. The fourth-order valence-electron chi connectivity index (χ4n) is 2.39. The topological polar surface area (TPSA) is 78.8 Å². The molecule has 0 radical (unpaired) electrons. The molecule has 1 saturated heterocycles. The molecule has 0 amide bonds. The number of carboxylic acid groups (broad SMARTS) is 1. The quantitative estimate of drug-likeness (QED) is 0.722. The van der Waals surface area contributed by atoms with E-state index in [1.807, 2.05) is 24.3 Å². The Hall–Kier alpha value is -1.43. The van der Waals surface area contributed by atoms with Gasteiger partial charge in [0, 0.05) is 25.3 Å². The van der Waals surface area contributed by atoms with E-state index in [4.69, 9.17) is 9.84 Å². The van der Waals surface area contributed by atoms with E-state index in [1.54, 1.807) is 0 Å². The maximum atomic E-state index is 10.6. The molecule has 5 nitrogen and oxygen atoms in total. The normalized spacial score (nSPS) is 17.9. The summed E-state index contributed by atoms with van der Waals surface area (Å²) < 4.78 is 5.32. The van der Waals surface area contributed by atoms with Crippen molar-refractivity contribution in [3.05, 3.63) is 35.4 Å². The maximum absolute atomic E-state index is 10.6. The maximum Gasteiger partial charge on any atom is 0.307 e. The lowest BCUT2D eigenvalue weighted by atomic mass is 9.90. The summed E-state index contributed by atoms with van der Waals surface area (Å²) in [6, 6.07) is 7.52. The zero-order valence-electron chi connectivity index (χ0n) is 11.5. The monoisotopic (exact) mass is 279 g/mol. The van der Waals surface area contributed by atoms with E-state index in [-0.39, 0.29) is 18.6 Å². The lowest BCUT2D eigenvalue weighted by Gasteiger charge is -2.36. The first kappa shape index (κ1) is 15.0. The van der Waals surface area contributed by atoms with Crippen LogP contribution in [0.5, 0.6) is 0 Å². The summed E-state index contributed by atoms with van der Waals surface area (Å²) in [5, 5.41) is 21.7. The van der Waals surface area contributed by atoms with Crippen molar-refractivity contribution >= 4 is 5.97 Å². The Kier molecular flexibility index (Phi) is 5.11. The van der Waals surface area contributed by atoms with E-state index in [9.17, 15) is 9.90 Å². The van der Waals surface area contributed by atoms with Crippen molar-refractivity contribution in [3.63, 3.8) is 0 Å². The highest BCUT2D eigenvalue weighted by Crippen LogP contribution is 2.20. The van der Waals surface area contributed by atoms with Crippen LogP contribution in [0.2, 0.25) is 0 Å². The van der Waals surface area contributed by atoms with E-state index >= 15 is 0 Å². The standard InChI is InChI=1S/C15H21NO4/c17-11-15(5-7-20-8-6-15)16-10-13-3-1-12(2-4-13)9-14(18)19/h1-4,16-17H,5-11H2,(H,18,19). The van der Waals surface area contributed by atoms with Gasteiger partial charge in [0.15, 0.2) is 0 Å². The SMILES string of the molecule is O=C(O)Cc1ccc(CNC2(CO)CCOCC2)cc1. The molecule has 1 heterocycles. The Bertz CT molecular complexity index is 438. The summed E-state index contributed by atoms with van der Waals surface area (Å²) in [4.78, 5) is 10.6. The van der Waals surface area contributed by atoms with Crippen molar-refractivity contribution in [3.8, 4) is 0 Å². The molecule has 1 aliphatic heterocycles. The molecule has 20 heavy (non-hydrogen) atoms. The van der Waals surface area contributed by atoms with Crippen molar-refractivity contribution in [2.24, 2.45) is 0 Å². The van der Waals surface area contributed by atoms with E-state index in [0.29, 0.717) is 19.8 Å². The zero-order valence-corrected chi connectivity index (χ0v) is 11.5. The summed E-state index contributed by atoms with van der Waals surface area (Å²) in [6.45, 7) is 2.11. The van der Waals surface area contributed by atoms with Gasteiger partial charge in [-0.05, 0) is 24.0 Å². The van der Waals surface area contributed by atoms with Gasteiger partial charge in [-0.2, -0.15) is 0 Å². The lowest BCUT2D eigenvalue weighted by Crippen LogP contribution is -2.51. The van der Waals surface area contributed by atoms with Gasteiger partial charge in [0.05, 0.1) is 13.0 Å². The van der Waals surface area contributed by atoms with Crippen molar-refractivity contribution in [1.29, 1.82) is 0 Å². The number of carboxylic acids is 1. The molecule has 1 fully saturated rings. The van der Waals surface area contributed by atoms with Crippen LogP contribution in [0.25, 0.3) is 0 Å². The number of aliphatic hydroxyl groups excluding tert-OH is 1. The largest absolute Gasteiger partial charge is 0.481 e. The van der Waals surface area contributed by atoms with Crippen LogP contribution >= 0.6 is 0 Å². The Balaban J connectivity index is 1.91. The number of benzene rings is 1. The molecule has 0 aliphatic carbocycles. The number of rotatable bonds is 6. The van der Waals surface area contributed by atoms with Crippen LogP contribution in [0.1, 0.15) is 24.0 Å². The number of aliphatic hydroxyl groups is 1. The number of hydrogen-bond acceptors (Lipinski definition) is 4. The van der Waals surface area contributed by atoms with Gasteiger partial charge in [-0.25, -0.2) is 0 Å². The van der Waals surface area contributed by atoms with Crippen LogP contribution in [0, 0.1) is 0 Å². The molecular weight excluding hydrogens is 258 g/mol. The predicted molar refractivity (Wildman–Crippen MR) is 74.5 cm³/mol. The minimum Gasteiger partial charge on any atom is -0.481 e. The van der Waals surface area contributed by atoms with Gasteiger partial charge in [0.1, 0.15) is 0 Å². The minimum absolute atomic E-state index is 0.0472. The molecule has 0 spiro atoms. The van der Waals surface area contributed by atoms with Crippen LogP contribution in [-0.4, -0.2) is 41.5 Å². The van der Waals surface area contributed by atoms with Crippen LogP contribution in [0.15, 0.2) is 24.3 Å².